The van der Waals surface area contributed by atoms with Crippen LogP contribution in [-0.2, 0) is 0 Å². The number of carbonyl (C=O) groups excluding carboxylic acids is 1. The van der Waals surface area contributed by atoms with Crippen LogP contribution in [0.3, 0.4) is 0 Å². The number of ether oxygens (including phenoxy) is 1. The lowest BCUT2D eigenvalue weighted by Gasteiger charge is -2.24. The Hall–Kier alpha value is -2.93. The first-order valence-electron chi connectivity index (χ1n) is 8.92. The average Bonchev–Trinajstić information content (AvgIpc) is 3.15. The van der Waals surface area contributed by atoms with E-state index >= 15 is 0 Å². The van der Waals surface area contributed by atoms with Crippen LogP contribution in [0, 0.1) is 10.1 Å². The van der Waals surface area contributed by atoms with Crippen molar-refractivity contribution in [2.24, 2.45) is 0 Å². The second kappa shape index (κ2) is 8.18. The molecule has 1 aliphatic rings. The van der Waals surface area contributed by atoms with Gasteiger partial charge in [-0.2, -0.15) is 0 Å². The second-order valence-corrected chi connectivity index (χ2v) is 6.68. The highest BCUT2D eigenvalue weighted by atomic mass is 16.6. The van der Waals surface area contributed by atoms with Gasteiger partial charge >= 0.3 is 0 Å². The van der Waals surface area contributed by atoms with Gasteiger partial charge in [0.2, 0.25) is 0 Å². The second-order valence-electron chi connectivity index (χ2n) is 6.68. The van der Waals surface area contributed by atoms with Crippen molar-refractivity contribution in [3.8, 4) is 5.75 Å². The minimum atomic E-state index is -0.519. The number of hydrogen-bond donors (Lipinski definition) is 1. The Balaban J connectivity index is 1.67. The first-order valence-corrected chi connectivity index (χ1v) is 8.92. The predicted octanol–water partition coefficient (Wildman–Crippen LogP) is 3.17. The van der Waals surface area contributed by atoms with Crippen LogP contribution in [0.5, 0.6) is 5.75 Å². The van der Waals surface area contributed by atoms with E-state index in [-0.39, 0.29) is 29.2 Å². The Bertz CT molecular complexity index is 825. The molecule has 3 rings (SSSR count). The molecule has 2 aromatic rings. The Morgan fingerprint density at radius 3 is 2.70 bits per heavy atom. The van der Waals surface area contributed by atoms with Gasteiger partial charge in [-0.05, 0) is 25.0 Å². The van der Waals surface area contributed by atoms with Crippen LogP contribution in [0.1, 0.15) is 35.3 Å². The molecule has 2 atom stereocenters. The summed E-state index contributed by atoms with van der Waals surface area (Å²) in [4.78, 5) is 25.5. The lowest BCUT2D eigenvalue weighted by molar-refractivity contribution is -0.384. The third-order valence-electron chi connectivity index (χ3n) is 5.02. The van der Waals surface area contributed by atoms with Crippen LogP contribution in [0.25, 0.3) is 0 Å². The topological polar surface area (TPSA) is 84.7 Å². The molecule has 7 heteroatoms. The molecule has 1 aliphatic heterocycles. The van der Waals surface area contributed by atoms with Crippen molar-refractivity contribution >= 4 is 11.6 Å². The first kappa shape index (κ1) is 18.8. The lowest BCUT2D eigenvalue weighted by Crippen LogP contribution is -2.37. The number of nitro benzene ring substituents is 1. The van der Waals surface area contributed by atoms with E-state index in [1.807, 2.05) is 18.2 Å². The molecule has 2 unspecified atom stereocenters. The molecule has 1 saturated heterocycles. The van der Waals surface area contributed by atoms with Gasteiger partial charge in [-0.25, -0.2) is 0 Å². The maximum absolute atomic E-state index is 12.7. The highest BCUT2D eigenvalue weighted by Crippen LogP contribution is 2.26. The third kappa shape index (κ3) is 4.25. The zero-order valence-electron chi connectivity index (χ0n) is 15.4. The number of nitro groups is 1. The summed E-state index contributed by atoms with van der Waals surface area (Å²) < 4.78 is 5.19. The standard InChI is InChI=1S/C20H23N3O4/c1-14(15-6-4-3-5-7-15)22-11-10-16(13-22)21-20(24)18-12-17(23(25)26)8-9-19(18)27-2/h3-9,12,14,16H,10-11,13H2,1-2H3,(H,21,24). The molecule has 1 heterocycles. The van der Waals surface area contributed by atoms with E-state index in [1.165, 1.54) is 30.9 Å². The Morgan fingerprint density at radius 1 is 1.30 bits per heavy atom. The SMILES string of the molecule is COc1ccc([N+](=O)[O-])cc1C(=O)NC1CCN(C(C)c2ccccc2)C1. The summed E-state index contributed by atoms with van der Waals surface area (Å²) in [5.74, 6) is -0.0274. The van der Waals surface area contributed by atoms with E-state index in [9.17, 15) is 14.9 Å². The van der Waals surface area contributed by atoms with Gasteiger partial charge in [0.1, 0.15) is 5.75 Å². The van der Waals surface area contributed by atoms with Gasteiger partial charge in [0, 0.05) is 37.3 Å². The molecule has 2 aromatic carbocycles. The highest BCUT2D eigenvalue weighted by Gasteiger charge is 2.29. The Kier molecular flexibility index (Phi) is 5.71. The first-order chi connectivity index (χ1) is 13.0. The van der Waals surface area contributed by atoms with Crippen molar-refractivity contribution in [1.82, 2.24) is 10.2 Å². The average molecular weight is 369 g/mol. The third-order valence-corrected chi connectivity index (χ3v) is 5.02. The largest absolute Gasteiger partial charge is 0.496 e. The molecule has 0 spiro atoms. The molecule has 142 valence electrons. The fourth-order valence-corrected chi connectivity index (χ4v) is 3.45. The Labute approximate surface area is 158 Å². The molecule has 1 amide bonds. The summed E-state index contributed by atoms with van der Waals surface area (Å²) in [6, 6.07) is 14.5. The van der Waals surface area contributed by atoms with Gasteiger partial charge in [-0.3, -0.25) is 19.8 Å². The van der Waals surface area contributed by atoms with Gasteiger partial charge < -0.3 is 10.1 Å². The number of amides is 1. The minimum Gasteiger partial charge on any atom is -0.496 e. The molecule has 0 aromatic heterocycles. The predicted molar refractivity (Wildman–Crippen MR) is 102 cm³/mol. The van der Waals surface area contributed by atoms with Gasteiger partial charge in [-0.15, -0.1) is 0 Å². The maximum Gasteiger partial charge on any atom is 0.270 e. The summed E-state index contributed by atoms with van der Waals surface area (Å²) in [5, 5.41) is 14.0. The fourth-order valence-electron chi connectivity index (χ4n) is 3.45. The number of non-ortho nitro benzene ring substituents is 1. The zero-order valence-corrected chi connectivity index (χ0v) is 15.4. The molecule has 0 saturated carbocycles. The van der Waals surface area contributed by atoms with Crippen LogP contribution in [0.15, 0.2) is 48.5 Å². The summed E-state index contributed by atoms with van der Waals surface area (Å²) in [7, 11) is 1.44. The number of likely N-dealkylation sites (tertiary alicyclic amines) is 1. The van der Waals surface area contributed by atoms with Crippen molar-refractivity contribution in [3.05, 3.63) is 69.8 Å². The van der Waals surface area contributed by atoms with E-state index in [2.05, 4.69) is 29.3 Å². The molecule has 27 heavy (non-hydrogen) atoms. The molecule has 1 N–H and O–H groups in total. The van der Waals surface area contributed by atoms with Crippen LogP contribution in [0.4, 0.5) is 5.69 Å². The number of hydrogen-bond acceptors (Lipinski definition) is 5. The fraction of sp³-hybridized carbons (Fsp3) is 0.350. The highest BCUT2D eigenvalue weighted by molar-refractivity contribution is 5.97. The van der Waals surface area contributed by atoms with Crippen LogP contribution in [0.2, 0.25) is 0 Å². The summed E-state index contributed by atoms with van der Waals surface area (Å²) in [6.07, 6.45) is 0.833. The summed E-state index contributed by atoms with van der Waals surface area (Å²) in [6.45, 7) is 3.77. The number of nitrogens with one attached hydrogen (secondary N) is 1. The maximum atomic E-state index is 12.7. The van der Waals surface area contributed by atoms with E-state index in [0.29, 0.717) is 5.75 Å². The van der Waals surface area contributed by atoms with Crippen LogP contribution in [-0.4, -0.2) is 42.0 Å². The number of methoxy groups -OCH3 is 1. The van der Waals surface area contributed by atoms with E-state index in [0.717, 1.165) is 19.5 Å². The number of benzene rings is 2. The summed E-state index contributed by atoms with van der Waals surface area (Å²) >= 11 is 0. The van der Waals surface area contributed by atoms with Crippen molar-refractivity contribution < 1.29 is 14.5 Å². The molecule has 0 radical (unpaired) electrons. The van der Waals surface area contributed by atoms with Crippen molar-refractivity contribution in [2.45, 2.75) is 25.4 Å². The number of rotatable bonds is 6. The molecule has 7 nitrogen and oxygen atoms in total. The quantitative estimate of drug-likeness (QED) is 0.624. The van der Waals surface area contributed by atoms with E-state index in [1.54, 1.807) is 0 Å². The Morgan fingerprint density at radius 2 is 2.04 bits per heavy atom. The van der Waals surface area contributed by atoms with E-state index in [4.69, 9.17) is 4.74 Å². The van der Waals surface area contributed by atoms with Crippen LogP contribution >= 0.6 is 0 Å². The summed E-state index contributed by atoms with van der Waals surface area (Å²) in [5.41, 5.74) is 1.29. The molecule has 0 bridgehead atoms. The zero-order chi connectivity index (χ0) is 19.4. The van der Waals surface area contributed by atoms with Crippen molar-refractivity contribution in [3.63, 3.8) is 0 Å². The smallest absolute Gasteiger partial charge is 0.270 e. The van der Waals surface area contributed by atoms with Crippen molar-refractivity contribution in [1.29, 1.82) is 0 Å². The van der Waals surface area contributed by atoms with Crippen LogP contribution < -0.4 is 10.1 Å². The van der Waals surface area contributed by atoms with Gasteiger partial charge in [0.05, 0.1) is 17.6 Å². The van der Waals surface area contributed by atoms with Crippen molar-refractivity contribution in [2.75, 3.05) is 20.2 Å². The van der Waals surface area contributed by atoms with E-state index < -0.39 is 4.92 Å². The normalized spacial score (nSPS) is 18.1. The number of nitrogens with zero attached hydrogens (tertiary/aromatic N) is 2. The molecule has 0 aliphatic carbocycles. The van der Waals surface area contributed by atoms with Gasteiger partial charge in [0.25, 0.3) is 11.6 Å². The van der Waals surface area contributed by atoms with Gasteiger partial charge in [-0.1, -0.05) is 30.3 Å². The molecular formula is C20H23N3O4. The minimum absolute atomic E-state index is 0.00682. The lowest BCUT2D eigenvalue weighted by atomic mass is 10.1. The number of carbonyl (C=O) groups is 1. The molecular weight excluding hydrogens is 346 g/mol. The van der Waals surface area contributed by atoms with Gasteiger partial charge in [0.15, 0.2) is 0 Å². The monoisotopic (exact) mass is 369 g/mol. The molecule has 1 fully saturated rings.